The molecule has 21 heteroatoms. The van der Waals surface area contributed by atoms with Crippen LogP contribution in [0.4, 0.5) is 33.7 Å². The van der Waals surface area contributed by atoms with Crippen LogP contribution in [-0.2, 0) is 36.6 Å². The molecule has 6 rings (SSSR count). The summed E-state index contributed by atoms with van der Waals surface area (Å²) in [5, 5.41) is 25.2. The number of benzene rings is 4. The number of aliphatic hydroxyl groups excluding tert-OH is 1. The van der Waals surface area contributed by atoms with E-state index in [2.05, 4.69) is 15.6 Å². The third kappa shape index (κ3) is 14.0. The van der Waals surface area contributed by atoms with Crippen LogP contribution < -0.4 is 25.2 Å². The van der Waals surface area contributed by atoms with Crippen molar-refractivity contribution >= 4 is 63.9 Å². The normalized spacial score (nSPS) is 14.9. The van der Waals surface area contributed by atoms with E-state index < -0.39 is 70.5 Å². The zero-order valence-corrected chi connectivity index (χ0v) is 43.3. The number of thiocarbonyl (C=S) groups is 1. The SMILES string of the molecule is CCC(=O)N(C(=S)N(CC)c1ccc(-c2ccc(OCCOCCOC(=O)N[C@H](C(=O)N3C[C@H](O)C[C@H]3C(=O)NCc3ccc(-c4scnc4C)cc3)C(C)(C)C)cc2)c(F)c1)c1ccc(C#N)c(C(F)(F)F)c1. The molecule has 392 valence electrons. The largest absolute Gasteiger partial charge is 0.491 e. The van der Waals surface area contributed by atoms with Gasteiger partial charge in [-0.2, -0.15) is 18.4 Å². The molecule has 3 N–H and O–H groups in total. The molecule has 3 atom stereocenters. The van der Waals surface area contributed by atoms with Crippen molar-refractivity contribution in [2.75, 3.05) is 49.3 Å². The van der Waals surface area contributed by atoms with Crippen LogP contribution in [0.1, 0.15) is 69.8 Å². The predicted octanol–water partition coefficient (Wildman–Crippen LogP) is 9.18. The first-order valence-electron chi connectivity index (χ1n) is 23.7. The fraction of sp³-hybridized carbons (Fsp3) is 0.377. The number of rotatable bonds is 18. The van der Waals surface area contributed by atoms with Crippen LogP contribution in [0.2, 0.25) is 0 Å². The summed E-state index contributed by atoms with van der Waals surface area (Å²) in [6, 6.07) is 21.0. The number of hydrogen-bond donors (Lipinski definition) is 3. The molecule has 15 nitrogen and oxygen atoms in total. The second kappa shape index (κ2) is 24.8. The summed E-state index contributed by atoms with van der Waals surface area (Å²) in [7, 11) is 0. The molecule has 0 spiro atoms. The van der Waals surface area contributed by atoms with Gasteiger partial charge in [-0.25, -0.2) is 14.2 Å². The molecule has 0 bridgehead atoms. The zero-order chi connectivity index (χ0) is 53.9. The summed E-state index contributed by atoms with van der Waals surface area (Å²) in [5.74, 6) is -1.74. The number of thiazole rings is 1. The lowest BCUT2D eigenvalue weighted by Gasteiger charge is -2.35. The Balaban J connectivity index is 0.951. The molecule has 1 aliphatic heterocycles. The van der Waals surface area contributed by atoms with E-state index in [9.17, 15) is 42.7 Å². The first kappa shape index (κ1) is 56.3. The third-order valence-electron chi connectivity index (χ3n) is 12.0. The summed E-state index contributed by atoms with van der Waals surface area (Å²) in [4.78, 5) is 62.5. The Morgan fingerprint density at radius 2 is 1.62 bits per heavy atom. The second-order valence-corrected chi connectivity index (χ2v) is 19.5. The van der Waals surface area contributed by atoms with Gasteiger partial charge in [-0.1, -0.05) is 64.1 Å². The van der Waals surface area contributed by atoms with E-state index >= 15 is 4.39 Å². The van der Waals surface area contributed by atoms with E-state index in [0.717, 1.165) is 32.7 Å². The number of alkyl halides is 3. The van der Waals surface area contributed by atoms with Crippen LogP contribution in [0.25, 0.3) is 21.6 Å². The number of likely N-dealkylation sites (tertiary alicyclic amines) is 1. The van der Waals surface area contributed by atoms with Crippen LogP contribution in [0, 0.1) is 29.5 Å². The molecule has 0 unspecified atom stereocenters. The van der Waals surface area contributed by atoms with Crippen molar-refractivity contribution in [3.8, 4) is 33.4 Å². The van der Waals surface area contributed by atoms with Crippen molar-refractivity contribution in [1.82, 2.24) is 20.5 Å². The molecule has 5 aromatic rings. The minimum Gasteiger partial charge on any atom is -0.491 e. The fourth-order valence-electron chi connectivity index (χ4n) is 8.16. The summed E-state index contributed by atoms with van der Waals surface area (Å²) in [6.07, 6.45) is -6.73. The molecule has 0 radical (unpaired) electrons. The standard InChI is InChI=1S/C53H57F4N7O8S2/c1-7-45(66)64(38-16-13-36(28-58)42(25-38)53(55,56)57)51(73)62(8-2)37-17-20-41(43(54)26-37)34-14-18-40(19-15-34)71-23-21-70-22-24-72-50(69)61-47(52(4,5)6)49(68)63-30-39(65)27-44(63)48(67)59-29-33-9-11-35(12-10-33)46-32(3)60-31-74-46/h9-20,25-26,31,39,44,47,65H,7-8,21-24,27,29-30H2,1-6H3,(H,59,67)(H,61,69)/t39-,44+,47-/m1/s1. The Bertz CT molecular complexity index is 2850. The number of aromatic nitrogens is 1. The number of halogens is 4. The molecule has 1 fully saturated rings. The van der Waals surface area contributed by atoms with Gasteiger partial charge in [0.25, 0.3) is 0 Å². The number of carbonyl (C=O) groups excluding carboxylic acids is 4. The number of alkyl carbamates (subject to hydrolysis) is 1. The van der Waals surface area contributed by atoms with E-state index in [4.69, 9.17) is 26.4 Å². The van der Waals surface area contributed by atoms with Crippen molar-refractivity contribution < 1.29 is 56.1 Å². The van der Waals surface area contributed by atoms with Gasteiger partial charge in [-0.15, -0.1) is 11.3 Å². The van der Waals surface area contributed by atoms with E-state index in [1.807, 2.05) is 31.2 Å². The van der Waals surface area contributed by atoms with Gasteiger partial charge in [0.05, 0.1) is 58.3 Å². The number of aliphatic hydroxyl groups is 1. The molecule has 0 aliphatic carbocycles. The average molecular weight is 1060 g/mol. The molecular weight excluding hydrogens is 1000 g/mol. The minimum atomic E-state index is -4.87. The highest BCUT2D eigenvalue weighted by Crippen LogP contribution is 2.36. The maximum Gasteiger partial charge on any atom is 0.417 e. The number of ether oxygens (including phenoxy) is 3. The monoisotopic (exact) mass is 1060 g/mol. The van der Waals surface area contributed by atoms with E-state index in [0.29, 0.717) is 17.4 Å². The number of aryl methyl sites for hydroxylation is 1. The summed E-state index contributed by atoms with van der Waals surface area (Å²) in [6.45, 7) is 10.8. The topological polar surface area (TPSA) is 187 Å². The van der Waals surface area contributed by atoms with E-state index in [1.54, 1.807) is 74.9 Å². The fourth-order valence-corrected chi connectivity index (χ4v) is 9.42. The van der Waals surface area contributed by atoms with E-state index in [-0.39, 0.29) is 81.0 Å². The van der Waals surface area contributed by atoms with Crippen molar-refractivity contribution in [2.45, 2.75) is 85.3 Å². The molecule has 1 saturated heterocycles. The first-order chi connectivity index (χ1) is 35.1. The van der Waals surface area contributed by atoms with Gasteiger partial charge in [0, 0.05) is 43.7 Å². The molecule has 4 aromatic carbocycles. The van der Waals surface area contributed by atoms with Crippen LogP contribution in [0.5, 0.6) is 5.75 Å². The Hall–Kier alpha value is -6.99. The Morgan fingerprint density at radius 1 is 0.946 bits per heavy atom. The first-order valence-corrected chi connectivity index (χ1v) is 25.0. The van der Waals surface area contributed by atoms with Crippen molar-refractivity contribution in [3.63, 3.8) is 0 Å². The number of amides is 4. The lowest BCUT2D eigenvalue weighted by atomic mass is 9.85. The van der Waals surface area contributed by atoms with Gasteiger partial charge in [0.15, 0.2) is 5.11 Å². The molecule has 1 aromatic heterocycles. The van der Waals surface area contributed by atoms with Gasteiger partial charge in [0.1, 0.15) is 36.9 Å². The number of nitrogens with one attached hydrogen (secondary N) is 2. The van der Waals surface area contributed by atoms with Crippen molar-refractivity contribution in [1.29, 1.82) is 5.26 Å². The Morgan fingerprint density at radius 3 is 2.23 bits per heavy atom. The maximum atomic E-state index is 15.8. The number of nitriles is 1. The molecule has 0 saturated carbocycles. The highest BCUT2D eigenvalue weighted by molar-refractivity contribution is 7.81. The number of β-amino-alcohol motifs (C(OH)–C–C–N with tert-alkyl or cyclic N) is 1. The van der Waals surface area contributed by atoms with Crippen LogP contribution in [0.15, 0.2) is 90.4 Å². The van der Waals surface area contributed by atoms with Crippen LogP contribution >= 0.6 is 23.6 Å². The maximum absolute atomic E-state index is 15.8. The number of hydrogen-bond acceptors (Lipinski definition) is 12. The van der Waals surface area contributed by atoms with Crippen molar-refractivity contribution in [3.05, 3.63) is 119 Å². The highest BCUT2D eigenvalue weighted by atomic mass is 32.1. The molecule has 1 aliphatic rings. The van der Waals surface area contributed by atoms with Gasteiger partial charge < -0.3 is 39.8 Å². The number of anilines is 2. The average Bonchev–Trinajstić information content (AvgIpc) is 3.99. The Labute approximate surface area is 436 Å². The van der Waals surface area contributed by atoms with Gasteiger partial charge in [-0.3, -0.25) is 19.3 Å². The quantitative estimate of drug-likeness (QED) is 0.0430. The van der Waals surface area contributed by atoms with Gasteiger partial charge in [-0.05, 0) is 96.7 Å². The number of carbonyl (C=O) groups is 4. The highest BCUT2D eigenvalue weighted by Gasteiger charge is 2.45. The third-order valence-corrected chi connectivity index (χ3v) is 13.4. The zero-order valence-electron chi connectivity index (χ0n) is 41.6. The molecule has 4 amide bonds. The van der Waals surface area contributed by atoms with Crippen molar-refractivity contribution in [2.24, 2.45) is 5.41 Å². The minimum absolute atomic E-state index is 0.00877. The van der Waals surface area contributed by atoms with Gasteiger partial charge >= 0.3 is 12.3 Å². The van der Waals surface area contributed by atoms with E-state index in [1.165, 1.54) is 41.0 Å². The van der Waals surface area contributed by atoms with Gasteiger partial charge in [0.2, 0.25) is 17.7 Å². The summed E-state index contributed by atoms with van der Waals surface area (Å²) < 4.78 is 73.9. The molecule has 2 heterocycles. The number of nitrogens with zero attached hydrogens (tertiary/aromatic N) is 5. The summed E-state index contributed by atoms with van der Waals surface area (Å²) in [5.41, 5.74) is 2.77. The lowest BCUT2D eigenvalue weighted by molar-refractivity contribution is -0.142. The second-order valence-electron chi connectivity index (χ2n) is 18.3. The van der Waals surface area contributed by atoms with Crippen LogP contribution in [-0.4, -0.2) is 102 Å². The lowest BCUT2D eigenvalue weighted by Crippen LogP contribution is -2.57. The smallest absolute Gasteiger partial charge is 0.417 e. The Kier molecular flexibility index (Phi) is 18.9. The predicted molar refractivity (Wildman–Crippen MR) is 276 cm³/mol. The molecular formula is C53H57F4N7O8S2. The molecule has 74 heavy (non-hydrogen) atoms. The summed E-state index contributed by atoms with van der Waals surface area (Å²) >= 11 is 7.18. The van der Waals surface area contributed by atoms with Crippen LogP contribution in [0.3, 0.4) is 0 Å².